The molecule has 0 nitrogen and oxygen atoms in total. The zero-order chi connectivity index (χ0) is 12.9. The summed E-state index contributed by atoms with van der Waals surface area (Å²) in [6.07, 6.45) is 1.08. The normalized spacial score (nSPS) is 15.2. The van der Waals surface area contributed by atoms with Crippen molar-refractivity contribution in [3.8, 4) is 9.75 Å². The van der Waals surface area contributed by atoms with Crippen molar-refractivity contribution in [2.24, 2.45) is 0 Å². The maximum atomic E-state index is 2.39. The molecule has 2 aromatic heterocycles. The number of benzene rings is 1. The zero-order valence-corrected chi connectivity index (χ0v) is 12.4. The highest BCUT2D eigenvalue weighted by Crippen LogP contribution is 2.54. The zero-order valence-electron chi connectivity index (χ0n) is 10.7. The fraction of sp³-hybridized carbons (Fsp3) is 0.176. The molecule has 1 aromatic carbocycles. The van der Waals surface area contributed by atoms with E-state index in [9.17, 15) is 0 Å². The van der Waals surface area contributed by atoms with Crippen molar-refractivity contribution < 1.29 is 0 Å². The summed E-state index contributed by atoms with van der Waals surface area (Å²) in [6.45, 7) is 2.39. The second-order valence-electron chi connectivity index (χ2n) is 5.32. The lowest BCUT2D eigenvalue weighted by atomic mass is 9.76. The van der Waals surface area contributed by atoms with Gasteiger partial charge in [0.25, 0.3) is 0 Å². The minimum absolute atomic E-state index is 0.145. The van der Waals surface area contributed by atoms with Gasteiger partial charge in [0.05, 0.1) is 0 Å². The molecule has 0 N–H and O–H groups in total. The van der Waals surface area contributed by atoms with Crippen LogP contribution >= 0.6 is 22.7 Å². The van der Waals surface area contributed by atoms with E-state index >= 15 is 0 Å². The lowest BCUT2D eigenvalue weighted by Gasteiger charge is -2.26. The van der Waals surface area contributed by atoms with Crippen LogP contribution in [0.25, 0.3) is 9.75 Å². The number of fused-ring (bicyclic) bond motifs is 3. The molecule has 0 aliphatic heterocycles. The molecule has 1 aliphatic rings. The van der Waals surface area contributed by atoms with E-state index in [0.717, 1.165) is 6.42 Å². The molecule has 0 atom stereocenters. The summed E-state index contributed by atoms with van der Waals surface area (Å²) in [5.74, 6) is 0. The van der Waals surface area contributed by atoms with Gasteiger partial charge in [-0.2, -0.15) is 0 Å². The summed E-state index contributed by atoms with van der Waals surface area (Å²) in [4.78, 5) is 2.98. The third-order valence-corrected chi connectivity index (χ3v) is 6.12. The van der Waals surface area contributed by atoms with Gasteiger partial charge in [0.15, 0.2) is 0 Å². The van der Waals surface area contributed by atoms with Crippen LogP contribution in [0.15, 0.2) is 53.2 Å². The van der Waals surface area contributed by atoms with E-state index in [4.69, 9.17) is 0 Å². The Morgan fingerprint density at radius 2 is 1.42 bits per heavy atom. The maximum Gasteiger partial charge on any atom is 0.0486 e. The lowest BCUT2D eigenvalue weighted by molar-refractivity contribution is 0.585. The van der Waals surface area contributed by atoms with Gasteiger partial charge in [-0.3, -0.25) is 0 Å². The third-order valence-electron chi connectivity index (χ3n) is 4.13. The van der Waals surface area contributed by atoms with E-state index in [1.165, 1.54) is 26.4 Å². The Hall–Kier alpha value is -1.38. The van der Waals surface area contributed by atoms with Crippen molar-refractivity contribution in [1.82, 2.24) is 0 Å². The van der Waals surface area contributed by atoms with Gasteiger partial charge in [0.2, 0.25) is 0 Å². The van der Waals surface area contributed by atoms with Gasteiger partial charge in [-0.15, -0.1) is 22.7 Å². The predicted molar refractivity (Wildman–Crippen MR) is 84.2 cm³/mol. The minimum Gasteiger partial charge on any atom is -0.143 e. The first-order chi connectivity index (χ1) is 9.29. The first-order valence-corrected chi connectivity index (χ1v) is 8.25. The molecular formula is C17H14S2. The smallest absolute Gasteiger partial charge is 0.0486 e. The standard InChI is InChI=1S/C17H14S2/c1-17(11-12-5-3-2-4-6-12)13-7-9-18-15(13)16-14(17)8-10-19-16/h2-10H,11H2,1H3. The van der Waals surface area contributed by atoms with Crippen molar-refractivity contribution in [3.63, 3.8) is 0 Å². The molecule has 2 heterocycles. The Labute approximate surface area is 121 Å². The Morgan fingerprint density at radius 3 is 2.00 bits per heavy atom. The molecule has 3 aromatic rings. The van der Waals surface area contributed by atoms with Crippen LogP contribution in [0, 0.1) is 0 Å². The Bertz CT molecular complexity index is 678. The summed E-state index contributed by atoms with van der Waals surface area (Å²) in [7, 11) is 0. The maximum absolute atomic E-state index is 2.39. The quantitative estimate of drug-likeness (QED) is 0.595. The van der Waals surface area contributed by atoms with Gasteiger partial charge in [0, 0.05) is 15.2 Å². The molecule has 0 unspecified atom stereocenters. The van der Waals surface area contributed by atoms with Crippen LogP contribution in [0.4, 0.5) is 0 Å². The molecule has 0 saturated heterocycles. The van der Waals surface area contributed by atoms with Gasteiger partial charge in [0.1, 0.15) is 0 Å². The average molecular weight is 282 g/mol. The van der Waals surface area contributed by atoms with Crippen LogP contribution < -0.4 is 0 Å². The number of hydrogen-bond donors (Lipinski definition) is 0. The molecule has 0 radical (unpaired) electrons. The van der Waals surface area contributed by atoms with Gasteiger partial charge in [-0.05, 0) is 46.0 Å². The van der Waals surface area contributed by atoms with E-state index in [1.807, 2.05) is 22.7 Å². The van der Waals surface area contributed by atoms with E-state index in [2.05, 4.69) is 60.1 Å². The van der Waals surface area contributed by atoms with Crippen molar-refractivity contribution in [2.45, 2.75) is 18.8 Å². The van der Waals surface area contributed by atoms with Crippen molar-refractivity contribution in [3.05, 3.63) is 69.9 Å². The van der Waals surface area contributed by atoms with Crippen LogP contribution in [0.3, 0.4) is 0 Å². The number of hydrogen-bond acceptors (Lipinski definition) is 2. The van der Waals surface area contributed by atoms with E-state index in [1.54, 1.807) is 0 Å². The van der Waals surface area contributed by atoms with Crippen molar-refractivity contribution >= 4 is 22.7 Å². The molecule has 4 rings (SSSR count). The van der Waals surface area contributed by atoms with Crippen LogP contribution in [0.1, 0.15) is 23.6 Å². The lowest BCUT2D eigenvalue weighted by Crippen LogP contribution is -2.23. The third kappa shape index (κ3) is 1.57. The van der Waals surface area contributed by atoms with E-state index in [0.29, 0.717) is 0 Å². The van der Waals surface area contributed by atoms with Gasteiger partial charge in [-0.25, -0.2) is 0 Å². The topological polar surface area (TPSA) is 0 Å². The molecule has 0 bridgehead atoms. The molecular weight excluding hydrogens is 268 g/mol. The fourth-order valence-electron chi connectivity index (χ4n) is 3.18. The first kappa shape index (κ1) is 11.4. The summed E-state index contributed by atoms with van der Waals surface area (Å²) in [6, 6.07) is 15.5. The molecule has 0 spiro atoms. The highest BCUT2D eigenvalue weighted by atomic mass is 32.1. The van der Waals surface area contributed by atoms with Crippen LogP contribution in [-0.2, 0) is 11.8 Å². The van der Waals surface area contributed by atoms with Gasteiger partial charge >= 0.3 is 0 Å². The molecule has 0 saturated carbocycles. The number of thiophene rings is 2. The minimum atomic E-state index is 0.145. The second-order valence-corrected chi connectivity index (χ2v) is 7.15. The first-order valence-electron chi connectivity index (χ1n) is 6.49. The van der Waals surface area contributed by atoms with Crippen molar-refractivity contribution in [2.75, 3.05) is 0 Å². The van der Waals surface area contributed by atoms with E-state index in [-0.39, 0.29) is 5.41 Å². The fourth-order valence-corrected chi connectivity index (χ4v) is 5.42. The molecule has 94 valence electrons. The molecule has 1 aliphatic carbocycles. The highest BCUT2D eigenvalue weighted by Gasteiger charge is 2.40. The SMILES string of the molecule is CC1(Cc2ccccc2)c2ccsc2-c2sccc21. The Morgan fingerprint density at radius 1 is 0.842 bits per heavy atom. The van der Waals surface area contributed by atoms with E-state index < -0.39 is 0 Å². The summed E-state index contributed by atoms with van der Waals surface area (Å²) < 4.78 is 0. The van der Waals surface area contributed by atoms with Crippen LogP contribution in [-0.4, -0.2) is 0 Å². The summed E-state index contributed by atoms with van der Waals surface area (Å²) in [5, 5.41) is 4.47. The highest BCUT2D eigenvalue weighted by molar-refractivity contribution is 7.21. The van der Waals surface area contributed by atoms with Crippen molar-refractivity contribution in [1.29, 1.82) is 0 Å². The van der Waals surface area contributed by atoms with Crippen LogP contribution in [0.5, 0.6) is 0 Å². The second kappa shape index (κ2) is 4.06. The van der Waals surface area contributed by atoms with Crippen LogP contribution in [0.2, 0.25) is 0 Å². The molecule has 19 heavy (non-hydrogen) atoms. The largest absolute Gasteiger partial charge is 0.143 e. The molecule has 2 heteroatoms. The van der Waals surface area contributed by atoms with Gasteiger partial charge in [-0.1, -0.05) is 37.3 Å². The molecule has 0 fully saturated rings. The molecule has 0 amide bonds. The van der Waals surface area contributed by atoms with Gasteiger partial charge < -0.3 is 0 Å². The number of rotatable bonds is 2. The Kier molecular flexibility index (Phi) is 2.44. The average Bonchev–Trinajstić information content (AvgIpc) is 3.11. The predicted octanol–water partition coefficient (Wildman–Crippen LogP) is 5.34. The summed E-state index contributed by atoms with van der Waals surface area (Å²) in [5.41, 5.74) is 4.60. The summed E-state index contributed by atoms with van der Waals surface area (Å²) >= 11 is 3.77. The Balaban J connectivity index is 1.87. The monoisotopic (exact) mass is 282 g/mol.